The van der Waals surface area contributed by atoms with Crippen LogP contribution in [0.2, 0.25) is 0 Å². The monoisotopic (exact) mass is 362 g/mol. The number of hydrogen-bond acceptors (Lipinski definition) is 3. The first kappa shape index (κ1) is 18.4. The van der Waals surface area contributed by atoms with E-state index in [0.717, 1.165) is 38.0 Å². The first-order valence-electron chi connectivity index (χ1n) is 9.57. The highest BCUT2D eigenvalue weighted by Crippen LogP contribution is 2.48. The lowest BCUT2D eigenvalue weighted by molar-refractivity contribution is -0.135. The zero-order valence-electron chi connectivity index (χ0n) is 15.4. The molecule has 1 aliphatic carbocycles. The molecule has 4 nitrogen and oxygen atoms in total. The standard InChI is InChI=1S/C20H30N2O2S/c1-15(2)19(24)21-14-20(17-4-3-5-17)7-9-22(10-8-20)18(23)12-16-6-11-25-13-16/h6,11,13,15,17H,3-5,7-10,12,14H2,1-2H3,(H,21,24). The molecule has 2 aliphatic rings. The van der Waals surface area contributed by atoms with E-state index in [1.54, 1.807) is 11.3 Å². The lowest BCUT2D eigenvalue weighted by Gasteiger charge is -2.50. The van der Waals surface area contributed by atoms with Crippen LogP contribution in [0, 0.1) is 17.3 Å². The molecule has 3 rings (SSSR count). The molecule has 5 heteroatoms. The second-order valence-corrected chi connectivity index (χ2v) is 8.83. The molecule has 0 spiro atoms. The highest BCUT2D eigenvalue weighted by molar-refractivity contribution is 7.08. The van der Waals surface area contributed by atoms with Crippen molar-refractivity contribution < 1.29 is 9.59 Å². The predicted octanol–water partition coefficient (Wildman–Crippen LogP) is 3.47. The van der Waals surface area contributed by atoms with Gasteiger partial charge in [0.15, 0.2) is 0 Å². The number of hydrogen-bond donors (Lipinski definition) is 1. The van der Waals surface area contributed by atoms with Crippen LogP contribution < -0.4 is 5.32 Å². The molecule has 1 saturated heterocycles. The number of thiophene rings is 1. The molecule has 0 aromatic carbocycles. The molecule has 0 bridgehead atoms. The number of rotatable bonds is 6. The van der Waals surface area contributed by atoms with Crippen LogP contribution in [0.3, 0.4) is 0 Å². The van der Waals surface area contributed by atoms with Gasteiger partial charge >= 0.3 is 0 Å². The van der Waals surface area contributed by atoms with Crippen molar-refractivity contribution in [2.45, 2.75) is 52.4 Å². The van der Waals surface area contributed by atoms with Crippen molar-refractivity contribution in [2.24, 2.45) is 17.3 Å². The van der Waals surface area contributed by atoms with E-state index in [2.05, 4.69) is 10.7 Å². The summed E-state index contributed by atoms with van der Waals surface area (Å²) in [5.41, 5.74) is 1.32. The Balaban J connectivity index is 1.57. The van der Waals surface area contributed by atoms with Crippen LogP contribution in [0.15, 0.2) is 16.8 Å². The second-order valence-electron chi connectivity index (χ2n) is 8.05. The molecule has 0 atom stereocenters. The largest absolute Gasteiger partial charge is 0.355 e. The van der Waals surface area contributed by atoms with Gasteiger partial charge < -0.3 is 10.2 Å². The number of amides is 2. The van der Waals surface area contributed by atoms with Crippen molar-refractivity contribution in [1.82, 2.24) is 10.2 Å². The van der Waals surface area contributed by atoms with Crippen LogP contribution in [0.25, 0.3) is 0 Å². The SMILES string of the molecule is CC(C)C(=O)NCC1(C2CCC2)CCN(C(=O)Cc2ccsc2)CC1. The van der Waals surface area contributed by atoms with Gasteiger partial charge in [-0.05, 0) is 59.4 Å². The molecular formula is C20H30N2O2S. The van der Waals surface area contributed by atoms with Gasteiger partial charge in [0.2, 0.25) is 11.8 Å². The molecule has 25 heavy (non-hydrogen) atoms. The second kappa shape index (κ2) is 7.90. The van der Waals surface area contributed by atoms with Crippen LogP contribution in [-0.4, -0.2) is 36.3 Å². The summed E-state index contributed by atoms with van der Waals surface area (Å²) < 4.78 is 0. The molecule has 1 saturated carbocycles. The molecule has 0 unspecified atom stereocenters. The molecule has 2 heterocycles. The number of carbonyl (C=O) groups is 2. The van der Waals surface area contributed by atoms with Gasteiger partial charge in [-0.3, -0.25) is 9.59 Å². The van der Waals surface area contributed by atoms with Crippen LogP contribution in [0.5, 0.6) is 0 Å². The summed E-state index contributed by atoms with van der Waals surface area (Å²) in [5.74, 6) is 1.14. The summed E-state index contributed by atoms with van der Waals surface area (Å²) in [4.78, 5) is 26.6. The van der Waals surface area contributed by atoms with E-state index in [4.69, 9.17) is 0 Å². The fourth-order valence-electron chi connectivity index (χ4n) is 4.10. The predicted molar refractivity (Wildman–Crippen MR) is 101 cm³/mol. The summed E-state index contributed by atoms with van der Waals surface area (Å²) in [5, 5.41) is 7.26. The van der Waals surface area contributed by atoms with Gasteiger partial charge in [-0.25, -0.2) is 0 Å². The van der Waals surface area contributed by atoms with Crippen LogP contribution in [0.1, 0.15) is 51.5 Å². The van der Waals surface area contributed by atoms with Crippen molar-refractivity contribution in [3.63, 3.8) is 0 Å². The normalized spacial score (nSPS) is 20.4. The van der Waals surface area contributed by atoms with Gasteiger partial charge in [0.25, 0.3) is 0 Å². The zero-order valence-corrected chi connectivity index (χ0v) is 16.2. The molecule has 0 radical (unpaired) electrons. The van der Waals surface area contributed by atoms with E-state index in [0.29, 0.717) is 12.3 Å². The maximum absolute atomic E-state index is 12.5. The third-order valence-electron chi connectivity index (χ3n) is 6.16. The van der Waals surface area contributed by atoms with Gasteiger partial charge in [0, 0.05) is 25.6 Å². The number of piperidine rings is 1. The van der Waals surface area contributed by atoms with Gasteiger partial charge in [-0.1, -0.05) is 20.3 Å². The average molecular weight is 363 g/mol. The average Bonchev–Trinajstić information content (AvgIpc) is 3.04. The molecule has 1 aromatic heterocycles. The maximum Gasteiger partial charge on any atom is 0.227 e. The Morgan fingerprint density at radius 2 is 2.04 bits per heavy atom. The van der Waals surface area contributed by atoms with Gasteiger partial charge in [-0.2, -0.15) is 11.3 Å². The molecule has 138 valence electrons. The fourth-order valence-corrected chi connectivity index (χ4v) is 4.77. The van der Waals surface area contributed by atoms with E-state index < -0.39 is 0 Å². The summed E-state index contributed by atoms with van der Waals surface area (Å²) in [6.07, 6.45) is 6.42. The maximum atomic E-state index is 12.5. The van der Waals surface area contributed by atoms with Gasteiger partial charge in [0.1, 0.15) is 0 Å². The summed E-state index contributed by atoms with van der Waals surface area (Å²) in [6.45, 7) is 6.32. The quantitative estimate of drug-likeness (QED) is 0.842. The minimum absolute atomic E-state index is 0.0331. The Morgan fingerprint density at radius 1 is 1.32 bits per heavy atom. The van der Waals surface area contributed by atoms with Crippen molar-refractivity contribution in [3.05, 3.63) is 22.4 Å². The summed E-state index contributed by atoms with van der Waals surface area (Å²) in [6, 6.07) is 2.03. The number of carbonyl (C=O) groups excluding carboxylic acids is 2. The molecular weight excluding hydrogens is 332 g/mol. The molecule has 2 amide bonds. The first-order chi connectivity index (χ1) is 12.0. The van der Waals surface area contributed by atoms with Crippen LogP contribution in [0.4, 0.5) is 0 Å². The summed E-state index contributed by atoms with van der Waals surface area (Å²) >= 11 is 1.64. The fraction of sp³-hybridized carbons (Fsp3) is 0.700. The minimum atomic E-state index is 0.0331. The topological polar surface area (TPSA) is 49.4 Å². The van der Waals surface area contributed by atoms with E-state index >= 15 is 0 Å². The third-order valence-corrected chi connectivity index (χ3v) is 6.89. The van der Waals surface area contributed by atoms with E-state index in [1.165, 1.54) is 19.3 Å². The number of likely N-dealkylation sites (tertiary alicyclic amines) is 1. The lowest BCUT2D eigenvalue weighted by atomic mass is 9.60. The van der Waals surface area contributed by atoms with Gasteiger partial charge in [-0.15, -0.1) is 0 Å². The summed E-state index contributed by atoms with van der Waals surface area (Å²) in [7, 11) is 0. The van der Waals surface area contributed by atoms with Gasteiger partial charge in [0.05, 0.1) is 6.42 Å². The Morgan fingerprint density at radius 3 is 2.56 bits per heavy atom. The molecule has 1 aromatic rings. The van der Waals surface area contributed by atoms with Crippen molar-refractivity contribution in [1.29, 1.82) is 0 Å². The Hall–Kier alpha value is -1.36. The minimum Gasteiger partial charge on any atom is -0.355 e. The number of nitrogens with zero attached hydrogens (tertiary/aromatic N) is 1. The number of nitrogens with one attached hydrogen (secondary N) is 1. The zero-order chi connectivity index (χ0) is 17.9. The Bertz CT molecular complexity index is 585. The smallest absolute Gasteiger partial charge is 0.227 e. The van der Waals surface area contributed by atoms with Crippen LogP contribution >= 0.6 is 11.3 Å². The van der Waals surface area contributed by atoms with Crippen molar-refractivity contribution in [2.75, 3.05) is 19.6 Å². The molecule has 2 fully saturated rings. The Labute approximate surface area is 155 Å². The first-order valence-corrected chi connectivity index (χ1v) is 10.5. The van der Waals surface area contributed by atoms with E-state index in [-0.39, 0.29) is 23.1 Å². The third kappa shape index (κ3) is 4.25. The van der Waals surface area contributed by atoms with E-state index in [9.17, 15) is 9.59 Å². The lowest BCUT2D eigenvalue weighted by Crippen LogP contribution is -2.53. The highest BCUT2D eigenvalue weighted by atomic mass is 32.1. The Kier molecular flexibility index (Phi) is 5.82. The molecule has 1 aliphatic heterocycles. The van der Waals surface area contributed by atoms with E-state index in [1.807, 2.05) is 30.2 Å². The van der Waals surface area contributed by atoms with Crippen molar-refractivity contribution >= 4 is 23.2 Å². The highest BCUT2D eigenvalue weighted by Gasteiger charge is 2.44. The molecule has 1 N–H and O–H groups in total. The van der Waals surface area contributed by atoms with Crippen LogP contribution in [-0.2, 0) is 16.0 Å². The van der Waals surface area contributed by atoms with Crippen molar-refractivity contribution in [3.8, 4) is 0 Å².